The Hall–Kier alpha value is -1.81. The van der Waals surface area contributed by atoms with E-state index in [2.05, 4.69) is 35.5 Å². The van der Waals surface area contributed by atoms with Gasteiger partial charge in [0.2, 0.25) is 0 Å². The van der Waals surface area contributed by atoms with Crippen LogP contribution in [0.3, 0.4) is 0 Å². The number of nitrogens with one attached hydrogen (secondary N) is 1. The monoisotopic (exact) mass is 273 g/mol. The van der Waals surface area contributed by atoms with Crippen LogP contribution >= 0.6 is 0 Å². The lowest BCUT2D eigenvalue weighted by molar-refractivity contribution is 0.404. The predicted octanol–water partition coefficient (Wildman–Crippen LogP) is 2.19. The van der Waals surface area contributed by atoms with Crippen molar-refractivity contribution in [2.24, 2.45) is 7.05 Å². The number of rotatable bonds is 7. The molecule has 0 aliphatic carbocycles. The van der Waals surface area contributed by atoms with E-state index >= 15 is 0 Å². The number of hydrogen-bond acceptors (Lipinski definition) is 3. The van der Waals surface area contributed by atoms with Crippen molar-refractivity contribution < 1.29 is 4.74 Å². The molecule has 0 spiro atoms. The standard InChI is InChI=1S/C16H23N3O/c1-4-17-15(12-14-9-10-19(2)18-14)11-13-7-5-6-8-16(13)20-3/h5-10,15,17H,4,11-12H2,1-3H3. The molecule has 4 nitrogen and oxygen atoms in total. The maximum absolute atomic E-state index is 5.43. The molecule has 2 rings (SSSR count). The van der Waals surface area contributed by atoms with Crippen LogP contribution in [0.5, 0.6) is 5.75 Å². The van der Waals surface area contributed by atoms with Crippen LogP contribution < -0.4 is 10.1 Å². The van der Waals surface area contributed by atoms with E-state index in [0.717, 1.165) is 30.8 Å². The lowest BCUT2D eigenvalue weighted by atomic mass is 10.0. The molecule has 1 heterocycles. The van der Waals surface area contributed by atoms with Gasteiger partial charge in [-0.2, -0.15) is 5.10 Å². The van der Waals surface area contributed by atoms with E-state index in [-0.39, 0.29) is 0 Å². The fourth-order valence-corrected chi connectivity index (χ4v) is 2.47. The fourth-order valence-electron chi connectivity index (χ4n) is 2.47. The highest BCUT2D eigenvalue weighted by atomic mass is 16.5. The molecule has 0 radical (unpaired) electrons. The number of methoxy groups -OCH3 is 1. The maximum atomic E-state index is 5.43. The van der Waals surface area contributed by atoms with Crippen molar-refractivity contribution in [3.8, 4) is 5.75 Å². The topological polar surface area (TPSA) is 39.1 Å². The van der Waals surface area contributed by atoms with E-state index in [1.807, 2.05) is 30.1 Å². The van der Waals surface area contributed by atoms with E-state index in [0.29, 0.717) is 6.04 Å². The summed E-state index contributed by atoms with van der Waals surface area (Å²) in [5.74, 6) is 0.955. The molecule has 1 aromatic carbocycles. The number of benzene rings is 1. The van der Waals surface area contributed by atoms with E-state index in [9.17, 15) is 0 Å². The lowest BCUT2D eigenvalue weighted by Gasteiger charge is -2.18. The summed E-state index contributed by atoms with van der Waals surface area (Å²) in [6.07, 6.45) is 3.85. The van der Waals surface area contributed by atoms with Gasteiger partial charge in [0, 0.05) is 25.7 Å². The molecule has 1 aromatic heterocycles. The van der Waals surface area contributed by atoms with Gasteiger partial charge in [0.25, 0.3) is 0 Å². The van der Waals surface area contributed by atoms with Gasteiger partial charge in [-0.05, 0) is 30.7 Å². The first-order chi connectivity index (χ1) is 9.72. The van der Waals surface area contributed by atoms with Crippen molar-refractivity contribution in [1.29, 1.82) is 0 Å². The zero-order chi connectivity index (χ0) is 14.4. The van der Waals surface area contributed by atoms with Crippen molar-refractivity contribution in [1.82, 2.24) is 15.1 Å². The summed E-state index contributed by atoms with van der Waals surface area (Å²) < 4.78 is 7.28. The summed E-state index contributed by atoms with van der Waals surface area (Å²) in [6, 6.07) is 10.6. The van der Waals surface area contributed by atoms with E-state index in [1.54, 1.807) is 7.11 Å². The zero-order valence-corrected chi connectivity index (χ0v) is 12.5. The second-order valence-corrected chi connectivity index (χ2v) is 4.96. The van der Waals surface area contributed by atoms with Crippen LogP contribution in [0.15, 0.2) is 36.5 Å². The molecule has 1 N–H and O–H groups in total. The van der Waals surface area contributed by atoms with Crippen LogP contribution in [0.1, 0.15) is 18.2 Å². The number of aryl methyl sites for hydroxylation is 1. The van der Waals surface area contributed by atoms with Crippen molar-refractivity contribution in [2.45, 2.75) is 25.8 Å². The Morgan fingerprint density at radius 3 is 2.70 bits per heavy atom. The van der Waals surface area contributed by atoms with Crippen LogP contribution in [-0.2, 0) is 19.9 Å². The van der Waals surface area contributed by atoms with Crippen LogP contribution in [0.2, 0.25) is 0 Å². The average molecular weight is 273 g/mol. The molecule has 1 atom stereocenters. The van der Waals surface area contributed by atoms with Crippen molar-refractivity contribution in [3.63, 3.8) is 0 Å². The first-order valence-electron chi connectivity index (χ1n) is 7.06. The molecule has 0 saturated heterocycles. The summed E-state index contributed by atoms with van der Waals surface area (Å²) in [4.78, 5) is 0. The van der Waals surface area contributed by atoms with E-state index < -0.39 is 0 Å². The molecule has 0 aliphatic heterocycles. The average Bonchev–Trinajstić information content (AvgIpc) is 2.85. The minimum Gasteiger partial charge on any atom is -0.496 e. The van der Waals surface area contributed by atoms with Gasteiger partial charge in [-0.15, -0.1) is 0 Å². The highest BCUT2D eigenvalue weighted by molar-refractivity contribution is 5.34. The van der Waals surface area contributed by atoms with E-state index in [4.69, 9.17) is 4.74 Å². The SMILES string of the molecule is CCNC(Cc1ccn(C)n1)Cc1ccccc1OC. The molecule has 0 fully saturated rings. The summed E-state index contributed by atoms with van der Waals surface area (Å²) >= 11 is 0. The van der Waals surface area contributed by atoms with Gasteiger partial charge < -0.3 is 10.1 Å². The Kier molecular flexibility index (Phi) is 5.18. The van der Waals surface area contributed by atoms with Crippen molar-refractivity contribution in [3.05, 3.63) is 47.8 Å². The predicted molar refractivity (Wildman–Crippen MR) is 81.1 cm³/mol. The second-order valence-electron chi connectivity index (χ2n) is 4.96. The Balaban J connectivity index is 2.08. The van der Waals surface area contributed by atoms with Gasteiger partial charge in [-0.25, -0.2) is 0 Å². The van der Waals surface area contributed by atoms with Gasteiger partial charge in [0.05, 0.1) is 12.8 Å². The van der Waals surface area contributed by atoms with Gasteiger partial charge >= 0.3 is 0 Å². The quantitative estimate of drug-likeness (QED) is 0.840. The largest absolute Gasteiger partial charge is 0.496 e. The molecule has 1 unspecified atom stereocenters. The van der Waals surface area contributed by atoms with Crippen molar-refractivity contribution in [2.75, 3.05) is 13.7 Å². The highest BCUT2D eigenvalue weighted by Crippen LogP contribution is 2.19. The molecule has 2 aromatic rings. The molecule has 0 bridgehead atoms. The number of hydrogen-bond donors (Lipinski definition) is 1. The Bertz CT molecular complexity index is 536. The maximum Gasteiger partial charge on any atom is 0.122 e. The van der Waals surface area contributed by atoms with Gasteiger partial charge in [0.1, 0.15) is 5.75 Å². The number of ether oxygens (including phenoxy) is 1. The molecular weight excluding hydrogens is 250 g/mol. The van der Waals surface area contributed by atoms with Crippen LogP contribution in [0, 0.1) is 0 Å². The van der Waals surface area contributed by atoms with Crippen LogP contribution in [0.4, 0.5) is 0 Å². The lowest BCUT2D eigenvalue weighted by Crippen LogP contribution is -2.33. The third kappa shape index (κ3) is 3.84. The Morgan fingerprint density at radius 2 is 2.05 bits per heavy atom. The first-order valence-corrected chi connectivity index (χ1v) is 7.06. The normalized spacial score (nSPS) is 12.3. The molecule has 0 amide bonds. The van der Waals surface area contributed by atoms with E-state index in [1.165, 1.54) is 5.56 Å². The molecule has 108 valence electrons. The van der Waals surface area contributed by atoms with Gasteiger partial charge in [0.15, 0.2) is 0 Å². The molecular formula is C16H23N3O. The summed E-state index contributed by atoms with van der Waals surface area (Å²) in [7, 11) is 3.67. The van der Waals surface area contributed by atoms with Crippen LogP contribution in [-0.4, -0.2) is 29.5 Å². The Labute approximate surface area is 120 Å². The fraction of sp³-hybridized carbons (Fsp3) is 0.438. The number of nitrogens with zero attached hydrogens (tertiary/aromatic N) is 2. The smallest absolute Gasteiger partial charge is 0.122 e. The molecule has 20 heavy (non-hydrogen) atoms. The Morgan fingerprint density at radius 1 is 1.25 bits per heavy atom. The summed E-state index contributed by atoms with van der Waals surface area (Å²) in [5.41, 5.74) is 2.35. The zero-order valence-electron chi connectivity index (χ0n) is 12.5. The van der Waals surface area contributed by atoms with Gasteiger partial charge in [-0.3, -0.25) is 4.68 Å². The van der Waals surface area contributed by atoms with Gasteiger partial charge in [-0.1, -0.05) is 25.1 Å². The molecule has 0 aliphatic rings. The second kappa shape index (κ2) is 7.10. The minimum absolute atomic E-state index is 0.367. The first kappa shape index (κ1) is 14.6. The highest BCUT2D eigenvalue weighted by Gasteiger charge is 2.13. The molecule has 4 heteroatoms. The summed E-state index contributed by atoms with van der Waals surface area (Å²) in [6.45, 7) is 3.08. The number of aromatic nitrogens is 2. The van der Waals surface area contributed by atoms with Crippen molar-refractivity contribution >= 4 is 0 Å². The third-order valence-electron chi connectivity index (χ3n) is 3.38. The molecule has 0 saturated carbocycles. The summed E-state index contributed by atoms with van der Waals surface area (Å²) in [5, 5.41) is 8.00. The van der Waals surface area contributed by atoms with Crippen LogP contribution in [0.25, 0.3) is 0 Å². The number of likely N-dealkylation sites (N-methyl/N-ethyl adjacent to an activating group) is 1. The number of para-hydroxylation sites is 1. The minimum atomic E-state index is 0.367. The third-order valence-corrected chi connectivity index (χ3v) is 3.38.